The van der Waals surface area contributed by atoms with Crippen LogP contribution in [0.4, 0.5) is 0 Å². The number of pyridine rings is 1. The molecule has 0 saturated heterocycles. The van der Waals surface area contributed by atoms with E-state index in [4.69, 9.17) is 4.42 Å². The Morgan fingerprint density at radius 2 is 1.31 bits per heavy atom. The van der Waals surface area contributed by atoms with Crippen molar-refractivity contribution in [2.45, 2.75) is 77.7 Å². The smallest absolute Gasteiger partial charge is 0.364 e. The summed E-state index contributed by atoms with van der Waals surface area (Å²) in [5.74, 6) is 1.12. The van der Waals surface area contributed by atoms with Gasteiger partial charge in [0.05, 0.1) is 24.8 Å². The summed E-state index contributed by atoms with van der Waals surface area (Å²) in [7, 11) is -1.76. The number of hydrogen-bond acceptors (Lipinski definition) is 1. The molecule has 0 radical (unpaired) electrons. The first kappa shape index (κ1) is 36.1. The van der Waals surface area contributed by atoms with Crippen LogP contribution in [0.3, 0.4) is 0 Å². The largest absolute Gasteiger partial charge is 0.455 e. The van der Waals surface area contributed by atoms with Gasteiger partial charge in [0.2, 0.25) is 5.69 Å². The summed E-state index contributed by atoms with van der Waals surface area (Å²) < 4.78 is 15.0. The van der Waals surface area contributed by atoms with Crippen molar-refractivity contribution in [3.8, 4) is 39.5 Å². The Hall–Kier alpha value is -6.04. The predicted octanol–water partition coefficient (Wildman–Crippen LogP) is 12.2. The van der Waals surface area contributed by atoms with Crippen molar-refractivity contribution in [2.75, 3.05) is 0 Å². The average Bonchev–Trinajstić information content (AvgIpc) is 3.93. The molecule has 0 saturated carbocycles. The maximum Gasteiger partial charge on any atom is 0.364 e. The number of fused-ring (bicyclic) bond motifs is 16. The molecular formula is C54H51N3OSi+2. The first-order valence-corrected chi connectivity index (χ1v) is 24.6. The maximum absolute atomic E-state index is 7.12. The average molecular weight is 786 g/mol. The fraction of sp³-hybridized carbons (Fsp3) is 0.222. The highest BCUT2D eigenvalue weighted by atomic mass is 28.3. The SMILES string of the molecule is CC(C)(C)c1ccc(-n2c3[n+](c4ccccc42)C2(c4cc(C(C)(C)C)ccc4-c4ccc([Si](C)(C)C)c[n+]42)c2ccc4c(oc5ccccc54)c2-3)c(-c2ccccc2)c1. The molecule has 6 aromatic carbocycles. The van der Waals surface area contributed by atoms with Crippen molar-refractivity contribution in [1.29, 1.82) is 0 Å². The van der Waals surface area contributed by atoms with E-state index in [0.717, 1.165) is 44.5 Å². The number of rotatable bonds is 3. The Kier molecular flexibility index (Phi) is 7.35. The highest BCUT2D eigenvalue weighted by Gasteiger charge is 2.67. The fourth-order valence-electron chi connectivity index (χ4n) is 10.0. The maximum atomic E-state index is 7.12. The van der Waals surface area contributed by atoms with E-state index in [2.05, 4.69) is 221 Å². The van der Waals surface area contributed by atoms with Crippen LogP contribution in [-0.2, 0) is 16.5 Å². The molecule has 0 amide bonds. The molecule has 0 aliphatic carbocycles. The lowest BCUT2D eigenvalue weighted by Crippen LogP contribution is -2.72. The second kappa shape index (κ2) is 12.0. The van der Waals surface area contributed by atoms with Crippen molar-refractivity contribution in [3.63, 3.8) is 0 Å². The van der Waals surface area contributed by atoms with Crippen molar-refractivity contribution in [3.05, 3.63) is 168 Å². The molecule has 2 aliphatic rings. The molecule has 1 unspecified atom stereocenters. The van der Waals surface area contributed by atoms with Gasteiger partial charge in [-0.1, -0.05) is 140 Å². The zero-order valence-electron chi connectivity index (χ0n) is 35.6. The van der Waals surface area contributed by atoms with Gasteiger partial charge in [0.25, 0.3) is 0 Å². The van der Waals surface area contributed by atoms with E-state index in [9.17, 15) is 0 Å². The van der Waals surface area contributed by atoms with E-state index in [-0.39, 0.29) is 10.8 Å². The first-order valence-electron chi connectivity index (χ1n) is 21.1. The summed E-state index contributed by atoms with van der Waals surface area (Å²) in [5, 5.41) is 3.70. The number of aromatic nitrogens is 3. The minimum atomic E-state index is -1.76. The molecule has 5 heterocycles. The van der Waals surface area contributed by atoms with Gasteiger partial charge in [-0.25, -0.2) is 0 Å². The summed E-state index contributed by atoms with van der Waals surface area (Å²) in [5.41, 5.74) is 15.7. The van der Waals surface area contributed by atoms with E-state index >= 15 is 0 Å². The molecule has 0 N–H and O–H groups in total. The van der Waals surface area contributed by atoms with Crippen LogP contribution < -0.4 is 14.3 Å². The van der Waals surface area contributed by atoms with Crippen LogP contribution in [0.15, 0.2) is 150 Å². The molecule has 9 aromatic rings. The zero-order chi connectivity index (χ0) is 40.8. The summed E-state index contributed by atoms with van der Waals surface area (Å²) in [4.78, 5) is 0. The predicted molar refractivity (Wildman–Crippen MR) is 246 cm³/mol. The summed E-state index contributed by atoms with van der Waals surface area (Å²) in [6, 6.07) is 52.4. The van der Waals surface area contributed by atoms with Gasteiger partial charge in [0, 0.05) is 27.6 Å². The van der Waals surface area contributed by atoms with Gasteiger partial charge in [0.15, 0.2) is 22.8 Å². The van der Waals surface area contributed by atoms with Gasteiger partial charge in [-0.05, 0) is 82.1 Å². The lowest BCUT2D eigenvalue weighted by Gasteiger charge is -2.24. The van der Waals surface area contributed by atoms with Crippen LogP contribution in [-0.4, -0.2) is 12.6 Å². The molecule has 1 atom stereocenters. The minimum absolute atomic E-state index is 0.0264. The highest BCUT2D eigenvalue weighted by Crippen LogP contribution is 2.53. The van der Waals surface area contributed by atoms with E-state index in [1.165, 1.54) is 55.3 Å². The summed E-state index contributed by atoms with van der Waals surface area (Å²) >= 11 is 0. The molecule has 2 aliphatic heterocycles. The highest BCUT2D eigenvalue weighted by molar-refractivity contribution is 6.88. The monoisotopic (exact) mass is 785 g/mol. The van der Waals surface area contributed by atoms with Crippen molar-refractivity contribution in [2.24, 2.45) is 0 Å². The number of hydrogen-bond donors (Lipinski definition) is 0. The quantitative estimate of drug-likeness (QED) is 0.129. The second-order valence-electron chi connectivity index (χ2n) is 19.9. The first-order chi connectivity index (χ1) is 28.2. The third-order valence-corrected chi connectivity index (χ3v) is 15.2. The Morgan fingerprint density at radius 3 is 2.07 bits per heavy atom. The third-order valence-electron chi connectivity index (χ3n) is 13.1. The molecule has 290 valence electrons. The topological polar surface area (TPSA) is 25.8 Å². The van der Waals surface area contributed by atoms with E-state index in [1.54, 1.807) is 0 Å². The van der Waals surface area contributed by atoms with Crippen LogP contribution in [0.1, 0.15) is 63.8 Å². The molecule has 3 aromatic heterocycles. The third kappa shape index (κ3) is 4.94. The molecule has 11 rings (SSSR count). The molecule has 0 fully saturated rings. The molecule has 59 heavy (non-hydrogen) atoms. The zero-order valence-corrected chi connectivity index (χ0v) is 36.6. The van der Waals surface area contributed by atoms with Crippen molar-refractivity contribution in [1.82, 2.24) is 4.57 Å². The number of benzene rings is 6. The van der Waals surface area contributed by atoms with Gasteiger partial charge in [0.1, 0.15) is 16.8 Å². The van der Waals surface area contributed by atoms with Crippen LogP contribution in [0.5, 0.6) is 0 Å². The Bertz CT molecular complexity index is 3150. The summed E-state index contributed by atoms with van der Waals surface area (Å²) in [6.45, 7) is 21.3. The Balaban J connectivity index is 1.39. The van der Waals surface area contributed by atoms with Gasteiger partial charge >= 0.3 is 11.5 Å². The second-order valence-corrected chi connectivity index (χ2v) is 25.0. The van der Waals surface area contributed by atoms with Crippen LogP contribution >= 0.6 is 0 Å². The fourth-order valence-corrected chi connectivity index (χ4v) is 11.1. The van der Waals surface area contributed by atoms with Gasteiger partial charge in [-0.3, -0.25) is 0 Å². The van der Waals surface area contributed by atoms with Crippen LogP contribution in [0, 0.1) is 0 Å². The number of imidazole rings is 1. The molecule has 4 nitrogen and oxygen atoms in total. The molecule has 5 heteroatoms. The summed E-state index contributed by atoms with van der Waals surface area (Å²) in [6.07, 6.45) is 2.51. The minimum Gasteiger partial charge on any atom is -0.455 e. The van der Waals surface area contributed by atoms with E-state index < -0.39 is 13.7 Å². The molecule has 1 spiro atoms. The van der Waals surface area contributed by atoms with Gasteiger partial charge < -0.3 is 4.42 Å². The number of nitrogens with zero attached hydrogens (tertiary/aromatic N) is 3. The van der Waals surface area contributed by atoms with Crippen LogP contribution in [0.25, 0.3) is 72.4 Å². The molecule has 0 bridgehead atoms. The van der Waals surface area contributed by atoms with E-state index in [0.29, 0.717) is 0 Å². The normalized spacial score (nSPS) is 15.9. The van der Waals surface area contributed by atoms with Crippen molar-refractivity contribution >= 4 is 46.2 Å². The lowest BCUT2D eigenvalue weighted by atomic mass is 9.82. The Labute approximate surface area is 348 Å². The number of para-hydroxylation sites is 3. The number of furan rings is 1. The lowest BCUT2D eigenvalue weighted by molar-refractivity contribution is -0.944. The Morgan fingerprint density at radius 1 is 0.610 bits per heavy atom. The van der Waals surface area contributed by atoms with Crippen LogP contribution in [0.2, 0.25) is 19.6 Å². The van der Waals surface area contributed by atoms with E-state index in [1.807, 2.05) is 0 Å². The van der Waals surface area contributed by atoms with Gasteiger partial charge in [-0.2, -0.15) is 4.57 Å². The standard InChI is InChI=1S/C54H51N3OSi/c1-52(2,3)35-24-29-45(41(31-35)34-17-11-10-12-18-34)56-46-20-14-15-21-47(46)57-51(56)49-42(28-27-39-38-19-13-16-22-48(38)58-50(39)49)54(57)43-32-36(53(4,5)6)23-26-40(43)44-30-25-37(33-55(44)54)59(7,8)9/h10-33H,1-9H3/q+2. The molecular weight excluding hydrogens is 735 g/mol. The van der Waals surface area contributed by atoms with Crippen molar-refractivity contribution < 1.29 is 13.6 Å². The van der Waals surface area contributed by atoms with Gasteiger partial charge in [-0.15, -0.1) is 9.13 Å².